The van der Waals surface area contributed by atoms with Gasteiger partial charge in [0.05, 0.1) is 41.1 Å². The number of ether oxygens (including phenoxy) is 1. The number of aromatic nitrogens is 2. The molecule has 8 heteroatoms. The van der Waals surface area contributed by atoms with Gasteiger partial charge in [0.15, 0.2) is 5.78 Å². The number of para-hydroxylation sites is 1. The van der Waals surface area contributed by atoms with Crippen LogP contribution in [0.15, 0.2) is 64.4 Å². The molecule has 0 saturated heterocycles. The number of nitrogens with zero attached hydrogens (tertiary/aromatic N) is 3. The fourth-order valence-electron chi connectivity index (χ4n) is 5.33. The van der Waals surface area contributed by atoms with Crippen molar-refractivity contribution in [2.75, 3.05) is 0 Å². The number of rotatable bonds is 4. The summed E-state index contributed by atoms with van der Waals surface area (Å²) in [5, 5.41) is 12.3. The highest BCUT2D eigenvalue weighted by Crippen LogP contribution is 2.40. The van der Waals surface area contributed by atoms with Gasteiger partial charge in [-0.25, -0.2) is 4.98 Å². The summed E-state index contributed by atoms with van der Waals surface area (Å²) >= 11 is 0. The van der Waals surface area contributed by atoms with Crippen molar-refractivity contribution in [3.05, 3.63) is 92.8 Å². The Bertz CT molecular complexity index is 1740. The maximum atomic E-state index is 13.7. The van der Waals surface area contributed by atoms with E-state index in [0.29, 0.717) is 33.8 Å². The lowest BCUT2D eigenvalue weighted by molar-refractivity contribution is -0.149. The number of carbonyl (C=O) groups is 2. The smallest absolute Gasteiger partial charge is 0.309 e. The van der Waals surface area contributed by atoms with Crippen molar-refractivity contribution in [2.24, 2.45) is 4.99 Å². The molecule has 2 aliphatic heterocycles. The lowest BCUT2D eigenvalue weighted by Crippen LogP contribution is -2.32. The highest BCUT2D eigenvalue weighted by molar-refractivity contribution is 6.03. The van der Waals surface area contributed by atoms with E-state index in [-0.39, 0.29) is 37.3 Å². The summed E-state index contributed by atoms with van der Waals surface area (Å²) in [4.78, 5) is 47.1. The molecule has 0 amide bonds. The van der Waals surface area contributed by atoms with Gasteiger partial charge in [0.25, 0.3) is 5.56 Å². The van der Waals surface area contributed by atoms with E-state index in [0.717, 1.165) is 22.0 Å². The van der Waals surface area contributed by atoms with Gasteiger partial charge < -0.3 is 14.4 Å². The van der Waals surface area contributed by atoms with Crippen molar-refractivity contribution < 1.29 is 19.4 Å². The zero-order valence-corrected chi connectivity index (χ0v) is 21.0. The van der Waals surface area contributed by atoms with Crippen LogP contribution in [-0.4, -0.2) is 32.6 Å². The molecule has 0 bridgehead atoms. The summed E-state index contributed by atoms with van der Waals surface area (Å²) in [5.74, 6) is -0.542. The first-order valence-corrected chi connectivity index (χ1v) is 12.5. The number of pyridine rings is 2. The number of hydrogen-bond donors (Lipinski definition) is 1. The van der Waals surface area contributed by atoms with Crippen LogP contribution in [0.4, 0.5) is 5.69 Å². The summed E-state index contributed by atoms with van der Waals surface area (Å²) in [5.41, 5.74) is 3.91. The lowest BCUT2D eigenvalue weighted by Gasteiger charge is -2.26. The third-order valence-corrected chi connectivity index (χ3v) is 7.51. The van der Waals surface area contributed by atoms with E-state index in [4.69, 9.17) is 9.72 Å². The molecule has 1 N–H and O–H groups in total. The Kier molecular flexibility index (Phi) is 5.57. The molecule has 0 fully saturated rings. The first kappa shape index (κ1) is 23.9. The third kappa shape index (κ3) is 3.76. The number of hydrogen-bond acceptors (Lipinski definition) is 7. The third-order valence-electron chi connectivity index (χ3n) is 7.51. The SMILES string of the molecule is CCC1(O)CC(=O)OCc2c1cc1n(c2=O)Cc2c-1nc1ccccc1c2C=Nc1ccc(C(C)=O)cc1. The molecule has 1 unspecified atom stereocenters. The van der Waals surface area contributed by atoms with E-state index < -0.39 is 11.6 Å². The van der Waals surface area contributed by atoms with Gasteiger partial charge in [0.1, 0.15) is 12.2 Å². The highest BCUT2D eigenvalue weighted by Gasteiger charge is 2.39. The van der Waals surface area contributed by atoms with Gasteiger partial charge in [-0.3, -0.25) is 19.4 Å². The zero-order chi connectivity index (χ0) is 26.6. The second-order valence-electron chi connectivity index (χ2n) is 9.77. The molecule has 2 aromatic carbocycles. The Labute approximate surface area is 218 Å². The number of ketones is 1. The number of Topliss-reactive ketones (excluding diaryl/α,β-unsaturated/α-hetero) is 1. The lowest BCUT2D eigenvalue weighted by atomic mass is 9.85. The van der Waals surface area contributed by atoms with E-state index in [1.807, 2.05) is 24.3 Å². The minimum absolute atomic E-state index is 0.00942. The predicted octanol–water partition coefficient (Wildman–Crippen LogP) is 4.42. The monoisotopic (exact) mass is 507 g/mol. The van der Waals surface area contributed by atoms with Crippen LogP contribution in [0.5, 0.6) is 0 Å². The molecule has 0 aliphatic carbocycles. The highest BCUT2D eigenvalue weighted by atomic mass is 16.5. The van der Waals surface area contributed by atoms with E-state index in [2.05, 4.69) is 4.99 Å². The van der Waals surface area contributed by atoms with Crippen LogP contribution in [0.3, 0.4) is 0 Å². The van der Waals surface area contributed by atoms with Crippen LogP contribution >= 0.6 is 0 Å². The fourth-order valence-corrected chi connectivity index (χ4v) is 5.33. The Hall–Kier alpha value is -4.43. The van der Waals surface area contributed by atoms with Gasteiger partial charge in [0.2, 0.25) is 0 Å². The van der Waals surface area contributed by atoms with Gasteiger partial charge in [-0.2, -0.15) is 0 Å². The maximum absolute atomic E-state index is 13.7. The Balaban J connectivity index is 1.54. The van der Waals surface area contributed by atoms with Crippen LogP contribution in [0, 0.1) is 0 Å². The number of benzene rings is 2. The minimum atomic E-state index is -1.49. The van der Waals surface area contributed by atoms with E-state index >= 15 is 0 Å². The molecule has 2 aromatic heterocycles. The van der Waals surface area contributed by atoms with E-state index in [1.54, 1.807) is 48.0 Å². The van der Waals surface area contributed by atoms with Gasteiger partial charge in [-0.15, -0.1) is 0 Å². The second-order valence-corrected chi connectivity index (χ2v) is 9.77. The first-order chi connectivity index (χ1) is 18.3. The van der Waals surface area contributed by atoms with Crippen LogP contribution in [0.25, 0.3) is 22.3 Å². The summed E-state index contributed by atoms with van der Waals surface area (Å²) in [7, 11) is 0. The molecule has 2 aliphatic rings. The molecule has 6 rings (SSSR count). The van der Waals surface area contributed by atoms with Crippen molar-refractivity contribution in [3.8, 4) is 11.4 Å². The van der Waals surface area contributed by atoms with Crippen molar-refractivity contribution in [1.82, 2.24) is 9.55 Å². The average Bonchev–Trinajstić information content (AvgIpc) is 3.22. The summed E-state index contributed by atoms with van der Waals surface area (Å²) in [6.45, 7) is 3.41. The topological polar surface area (TPSA) is 111 Å². The van der Waals surface area contributed by atoms with Crippen LogP contribution in [-0.2, 0) is 28.3 Å². The molecule has 8 nitrogen and oxygen atoms in total. The van der Waals surface area contributed by atoms with Crippen molar-refractivity contribution in [1.29, 1.82) is 0 Å². The number of aliphatic hydroxyl groups is 1. The molecule has 190 valence electrons. The Morgan fingerprint density at radius 2 is 1.92 bits per heavy atom. The molecular formula is C30H25N3O5. The Morgan fingerprint density at radius 3 is 2.66 bits per heavy atom. The second kappa shape index (κ2) is 8.85. The quantitative estimate of drug-likeness (QED) is 0.219. The number of carbonyl (C=O) groups excluding carboxylic acids is 2. The molecule has 0 radical (unpaired) electrons. The van der Waals surface area contributed by atoms with Crippen molar-refractivity contribution in [2.45, 2.75) is 45.4 Å². The van der Waals surface area contributed by atoms with E-state index in [1.165, 1.54) is 6.92 Å². The van der Waals surface area contributed by atoms with Crippen molar-refractivity contribution in [3.63, 3.8) is 0 Å². The average molecular weight is 508 g/mol. The summed E-state index contributed by atoms with van der Waals surface area (Å²) in [6, 6.07) is 16.6. The largest absolute Gasteiger partial charge is 0.460 e. The van der Waals surface area contributed by atoms with Crippen LogP contribution < -0.4 is 5.56 Å². The normalized spacial score (nSPS) is 18.1. The molecule has 0 spiro atoms. The maximum Gasteiger partial charge on any atom is 0.309 e. The number of aliphatic imine (C=N–C) groups is 1. The van der Waals surface area contributed by atoms with E-state index in [9.17, 15) is 19.5 Å². The molecule has 1 atom stereocenters. The minimum Gasteiger partial charge on any atom is -0.460 e. The van der Waals surface area contributed by atoms with Crippen LogP contribution in [0.1, 0.15) is 59.3 Å². The number of fused-ring (bicyclic) bond motifs is 5. The molecule has 4 heterocycles. The fraction of sp³-hybridized carbons (Fsp3) is 0.233. The standard InChI is InChI=1S/C30H25N3O5/c1-3-30(37)13-27(35)38-16-23-24(30)12-26-28-22(15-33(26)29(23)36)21(20-6-4-5-7-25(20)32-28)14-31-19-10-8-18(9-11-19)17(2)34/h4-12,14,37H,3,13,15-16H2,1-2H3. The zero-order valence-electron chi connectivity index (χ0n) is 21.0. The van der Waals surface area contributed by atoms with Gasteiger partial charge in [-0.1, -0.05) is 25.1 Å². The van der Waals surface area contributed by atoms with Crippen LogP contribution in [0.2, 0.25) is 0 Å². The summed E-state index contributed by atoms with van der Waals surface area (Å²) < 4.78 is 6.90. The van der Waals surface area contributed by atoms with Crippen molar-refractivity contribution >= 4 is 34.6 Å². The predicted molar refractivity (Wildman–Crippen MR) is 143 cm³/mol. The van der Waals surface area contributed by atoms with Gasteiger partial charge in [-0.05, 0) is 55.3 Å². The van der Waals surface area contributed by atoms with Gasteiger partial charge in [0, 0.05) is 28.3 Å². The molecular weight excluding hydrogens is 482 g/mol. The van der Waals surface area contributed by atoms with Gasteiger partial charge >= 0.3 is 5.97 Å². The summed E-state index contributed by atoms with van der Waals surface area (Å²) in [6.07, 6.45) is 1.83. The number of cyclic esters (lactones) is 1. The molecule has 4 aromatic rings. The number of esters is 1. The Morgan fingerprint density at radius 1 is 1.16 bits per heavy atom. The first-order valence-electron chi connectivity index (χ1n) is 12.5. The molecule has 38 heavy (non-hydrogen) atoms. The molecule has 0 saturated carbocycles.